The third kappa shape index (κ3) is 4.42. The summed E-state index contributed by atoms with van der Waals surface area (Å²) in [6.45, 7) is 1.34. The maximum absolute atomic E-state index is 13.2. The zero-order valence-corrected chi connectivity index (χ0v) is 20.7. The molecule has 2 heterocycles. The molecule has 7 nitrogen and oxygen atoms in total. The van der Waals surface area contributed by atoms with E-state index in [1.165, 1.54) is 11.1 Å². The maximum Gasteiger partial charge on any atom is 0.240 e. The minimum atomic E-state index is -3.69. The Morgan fingerprint density at radius 2 is 1.56 bits per heavy atom. The highest BCUT2D eigenvalue weighted by molar-refractivity contribution is 7.89. The van der Waals surface area contributed by atoms with Gasteiger partial charge in [-0.3, -0.25) is 4.79 Å². The highest BCUT2D eigenvalue weighted by atomic mass is 32.2. The van der Waals surface area contributed by atoms with Crippen LogP contribution >= 0.6 is 0 Å². The number of rotatable bonds is 5. The summed E-state index contributed by atoms with van der Waals surface area (Å²) in [5.41, 5.74) is 4.78. The number of fused-ring (bicyclic) bond motifs is 2. The van der Waals surface area contributed by atoms with Gasteiger partial charge in [-0.15, -0.1) is 0 Å². The van der Waals surface area contributed by atoms with Crippen molar-refractivity contribution in [3.05, 3.63) is 83.9 Å². The second-order valence-corrected chi connectivity index (χ2v) is 11.5. The number of nitrogens with one attached hydrogen (secondary N) is 2. The van der Waals surface area contributed by atoms with Gasteiger partial charge in [-0.05, 0) is 55.0 Å². The quantitative estimate of drug-likeness (QED) is 0.418. The number of carbonyl (C=O) groups excluding carboxylic acids is 1. The number of imidazole rings is 1. The number of sulfonamides is 1. The molecule has 4 aromatic rings. The van der Waals surface area contributed by atoms with Crippen LogP contribution in [0.25, 0.3) is 22.4 Å². The van der Waals surface area contributed by atoms with E-state index in [4.69, 9.17) is 0 Å². The summed E-state index contributed by atoms with van der Waals surface area (Å²) in [4.78, 5) is 23.1. The van der Waals surface area contributed by atoms with Gasteiger partial charge in [0.25, 0.3) is 0 Å². The summed E-state index contributed by atoms with van der Waals surface area (Å²) in [6, 6.07) is 22.7. The molecule has 36 heavy (non-hydrogen) atoms. The molecule has 1 aliphatic carbocycles. The molecule has 8 heteroatoms. The fourth-order valence-corrected chi connectivity index (χ4v) is 6.71. The standard InChI is InChI=1S/C28H28N4O3S/c33-28(32-17-21-8-4-5-9-22(21)18-32)20-10-12-23(13-11-20)31-36(34,35)24-14-15-25-26(16-24)30-27(29-25)19-6-2-1-3-7-19/h1-9,14-16,20,23,31H,10-13,17-18H2,(H,29,30). The predicted molar refractivity (Wildman–Crippen MR) is 138 cm³/mol. The Morgan fingerprint density at radius 3 is 2.25 bits per heavy atom. The fraction of sp³-hybridized carbons (Fsp3) is 0.286. The van der Waals surface area contributed by atoms with Crippen LogP contribution in [0.1, 0.15) is 36.8 Å². The van der Waals surface area contributed by atoms with Gasteiger partial charge in [-0.2, -0.15) is 0 Å². The van der Waals surface area contributed by atoms with Gasteiger partial charge >= 0.3 is 0 Å². The first kappa shape index (κ1) is 22.9. The smallest absolute Gasteiger partial charge is 0.240 e. The number of carbonyl (C=O) groups is 1. The van der Waals surface area contributed by atoms with Gasteiger partial charge in [0, 0.05) is 30.6 Å². The monoisotopic (exact) mass is 500 g/mol. The topological polar surface area (TPSA) is 95.2 Å². The molecule has 0 atom stereocenters. The summed E-state index contributed by atoms with van der Waals surface area (Å²) in [5, 5.41) is 0. The summed E-state index contributed by atoms with van der Waals surface area (Å²) in [5.74, 6) is 0.849. The van der Waals surface area contributed by atoms with Gasteiger partial charge in [0.1, 0.15) is 5.82 Å². The molecular formula is C28H28N4O3S. The number of aromatic amines is 1. The van der Waals surface area contributed by atoms with Crippen molar-refractivity contribution < 1.29 is 13.2 Å². The Bertz CT molecular complexity index is 1500. The van der Waals surface area contributed by atoms with E-state index in [0.717, 1.165) is 11.1 Å². The number of hydrogen-bond acceptors (Lipinski definition) is 4. The fourth-order valence-electron chi connectivity index (χ4n) is 5.38. The van der Waals surface area contributed by atoms with Crippen LogP contribution in [-0.4, -0.2) is 35.2 Å². The van der Waals surface area contributed by atoms with Crippen LogP contribution in [0.4, 0.5) is 0 Å². The number of benzene rings is 3. The zero-order chi connectivity index (χ0) is 24.7. The number of nitrogens with zero attached hydrogens (tertiary/aromatic N) is 2. The largest absolute Gasteiger partial charge is 0.338 e. The van der Waals surface area contributed by atoms with Crippen molar-refractivity contribution in [1.82, 2.24) is 19.6 Å². The van der Waals surface area contributed by atoms with Crippen LogP contribution in [0.15, 0.2) is 77.7 Å². The van der Waals surface area contributed by atoms with Crippen molar-refractivity contribution >= 4 is 27.0 Å². The molecule has 3 aromatic carbocycles. The third-order valence-electron chi connectivity index (χ3n) is 7.36. The van der Waals surface area contributed by atoms with Gasteiger partial charge in [0.2, 0.25) is 15.9 Å². The average Bonchev–Trinajstić information content (AvgIpc) is 3.53. The first-order valence-electron chi connectivity index (χ1n) is 12.4. The Kier molecular flexibility index (Phi) is 5.85. The van der Waals surface area contributed by atoms with E-state index < -0.39 is 10.0 Å². The van der Waals surface area contributed by atoms with Crippen molar-refractivity contribution in [3.63, 3.8) is 0 Å². The third-order valence-corrected chi connectivity index (χ3v) is 8.88. The van der Waals surface area contributed by atoms with Gasteiger partial charge in [0.05, 0.1) is 15.9 Å². The second kappa shape index (κ2) is 9.19. The molecule has 1 amide bonds. The average molecular weight is 501 g/mol. The molecule has 0 spiro atoms. The molecule has 0 saturated heterocycles. The Labute approximate surface area is 210 Å². The number of H-pyrrole nitrogens is 1. The van der Waals surface area contributed by atoms with Crippen LogP contribution < -0.4 is 4.72 Å². The van der Waals surface area contributed by atoms with Crippen molar-refractivity contribution in [2.24, 2.45) is 5.92 Å². The molecule has 0 unspecified atom stereocenters. The molecule has 1 saturated carbocycles. The number of hydrogen-bond donors (Lipinski definition) is 2. The summed E-state index contributed by atoms with van der Waals surface area (Å²) >= 11 is 0. The summed E-state index contributed by atoms with van der Waals surface area (Å²) < 4.78 is 29.2. The molecule has 2 aliphatic rings. The van der Waals surface area contributed by atoms with Crippen LogP contribution in [0.3, 0.4) is 0 Å². The van der Waals surface area contributed by atoms with Crippen molar-refractivity contribution in [1.29, 1.82) is 0 Å². The summed E-state index contributed by atoms with van der Waals surface area (Å²) in [6.07, 6.45) is 2.69. The lowest BCUT2D eigenvalue weighted by Crippen LogP contribution is -2.41. The molecule has 0 bridgehead atoms. The van der Waals surface area contributed by atoms with E-state index in [-0.39, 0.29) is 22.8 Å². The maximum atomic E-state index is 13.2. The van der Waals surface area contributed by atoms with Crippen molar-refractivity contribution in [3.8, 4) is 11.4 Å². The van der Waals surface area contributed by atoms with E-state index in [9.17, 15) is 13.2 Å². The lowest BCUT2D eigenvalue weighted by Gasteiger charge is -2.30. The highest BCUT2D eigenvalue weighted by Crippen LogP contribution is 2.31. The predicted octanol–water partition coefficient (Wildman–Crippen LogP) is 4.61. The van der Waals surface area contributed by atoms with E-state index in [1.54, 1.807) is 18.2 Å². The zero-order valence-electron chi connectivity index (χ0n) is 19.9. The molecule has 1 fully saturated rings. The normalized spacial score (nSPS) is 19.9. The molecule has 6 rings (SSSR count). The van der Waals surface area contributed by atoms with Crippen LogP contribution in [0.5, 0.6) is 0 Å². The lowest BCUT2D eigenvalue weighted by atomic mass is 9.85. The molecule has 1 aliphatic heterocycles. The molecule has 0 radical (unpaired) electrons. The van der Waals surface area contributed by atoms with Gasteiger partial charge < -0.3 is 9.88 Å². The van der Waals surface area contributed by atoms with Gasteiger partial charge in [-0.25, -0.2) is 18.1 Å². The number of aromatic nitrogens is 2. The van der Waals surface area contributed by atoms with E-state index in [2.05, 4.69) is 26.8 Å². The lowest BCUT2D eigenvalue weighted by molar-refractivity contribution is -0.137. The minimum Gasteiger partial charge on any atom is -0.338 e. The second-order valence-electron chi connectivity index (χ2n) is 9.76. The minimum absolute atomic E-state index is 0.0437. The molecule has 1 aromatic heterocycles. The first-order chi connectivity index (χ1) is 17.5. The Hall–Kier alpha value is -3.49. The van der Waals surface area contributed by atoms with Crippen LogP contribution in [0, 0.1) is 5.92 Å². The van der Waals surface area contributed by atoms with Crippen LogP contribution in [0.2, 0.25) is 0 Å². The van der Waals surface area contributed by atoms with E-state index in [1.807, 2.05) is 47.4 Å². The van der Waals surface area contributed by atoms with Gasteiger partial charge in [0.15, 0.2) is 0 Å². The van der Waals surface area contributed by atoms with E-state index in [0.29, 0.717) is 50.1 Å². The molecular weight excluding hydrogens is 472 g/mol. The first-order valence-corrected chi connectivity index (χ1v) is 13.9. The molecule has 2 N–H and O–H groups in total. The molecule has 184 valence electrons. The van der Waals surface area contributed by atoms with E-state index >= 15 is 0 Å². The van der Waals surface area contributed by atoms with Gasteiger partial charge in [-0.1, -0.05) is 54.6 Å². The summed E-state index contributed by atoms with van der Waals surface area (Å²) in [7, 11) is -3.69. The Morgan fingerprint density at radius 1 is 0.889 bits per heavy atom. The Balaban J connectivity index is 1.09. The SMILES string of the molecule is O=C(C1CCC(NS(=O)(=O)c2ccc3nc(-c4ccccc4)[nH]c3c2)CC1)N1Cc2ccccc2C1. The number of amides is 1. The highest BCUT2D eigenvalue weighted by Gasteiger charge is 2.33. The van der Waals surface area contributed by atoms with Crippen molar-refractivity contribution in [2.45, 2.75) is 49.7 Å². The van der Waals surface area contributed by atoms with Crippen LogP contribution in [-0.2, 0) is 27.9 Å². The van der Waals surface area contributed by atoms with Crippen molar-refractivity contribution in [2.75, 3.05) is 0 Å².